The van der Waals surface area contributed by atoms with Crippen molar-refractivity contribution >= 4 is 11.6 Å². The van der Waals surface area contributed by atoms with E-state index in [1.165, 1.54) is 11.3 Å². The van der Waals surface area contributed by atoms with E-state index in [1.807, 2.05) is 24.3 Å². The molecule has 0 saturated carbocycles. The first-order valence-corrected chi connectivity index (χ1v) is 9.93. The van der Waals surface area contributed by atoms with Gasteiger partial charge in [-0.3, -0.25) is 4.90 Å². The van der Waals surface area contributed by atoms with Gasteiger partial charge in [-0.05, 0) is 47.9 Å². The third-order valence-electron chi connectivity index (χ3n) is 5.41. The number of nitrogens with zero attached hydrogens (tertiary/aromatic N) is 2. The molecule has 0 fully saturated rings. The van der Waals surface area contributed by atoms with E-state index >= 15 is 0 Å². The molecule has 4 rings (SSSR count). The maximum Gasteiger partial charge on any atom is 0.161 e. The van der Waals surface area contributed by atoms with Crippen molar-refractivity contribution in [1.29, 1.82) is 0 Å². The minimum absolute atomic E-state index is 0.119. The van der Waals surface area contributed by atoms with Crippen LogP contribution in [0.1, 0.15) is 29.3 Å². The van der Waals surface area contributed by atoms with E-state index in [2.05, 4.69) is 46.0 Å². The Labute approximate surface area is 171 Å². The number of benzene rings is 2. The van der Waals surface area contributed by atoms with Gasteiger partial charge < -0.3 is 14.0 Å². The van der Waals surface area contributed by atoms with Gasteiger partial charge in [0.25, 0.3) is 0 Å². The lowest BCUT2D eigenvalue weighted by molar-refractivity contribution is 0.220. The monoisotopic (exact) mass is 396 g/mol. The molecule has 28 heavy (non-hydrogen) atoms. The Bertz CT molecular complexity index is 953. The van der Waals surface area contributed by atoms with Gasteiger partial charge in [0.1, 0.15) is 0 Å². The van der Waals surface area contributed by atoms with Gasteiger partial charge in [0, 0.05) is 36.5 Å². The van der Waals surface area contributed by atoms with Crippen molar-refractivity contribution in [1.82, 2.24) is 9.47 Å². The minimum Gasteiger partial charge on any atom is -0.493 e. The summed E-state index contributed by atoms with van der Waals surface area (Å²) in [6, 6.07) is 18.8. The third-order valence-corrected chi connectivity index (χ3v) is 5.78. The summed E-state index contributed by atoms with van der Waals surface area (Å²) in [6.45, 7) is 2.81. The molecule has 1 aliphatic rings. The minimum atomic E-state index is 0.119. The third kappa shape index (κ3) is 3.62. The molecule has 0 saturated heterocycles. The zero-order chi connectivity index (χ0) is 19.5. The van der Waals surface area contributed by atoms with Gasteiger partial charge in [0.2, 0.25) is 0 Å². The molecule has 0 N–H and O–H groups in total. The van der Waals surface area contributed by atoms with Crippen LogP contribution in [-0.4, -0.2) is 30.2 Å². The van der Waals surface area contributed by atoms with Crippen LogP contribution < -0.4 is 9.47 Å². The van der Waals surface area contributed by atoms with E-state index in [4.69, 9.17) is 21.1 Å². The fraction of sp³-hybridized carbons (Fsp3) is 0.304. The summed E-state index contributed by atoms with van der Waals surface area (Å²) >= 11 is 6.48. The highest BCUT2D eigenvalue weighted by Gasteiger charge is 2.28. The van der Waals surface area contributed by atoms with Crippen LogP contribution in [0, 0.1) is 0 Å². The van der Waals surface area contributed by atoms with Crippen molar-refractivity contribution in [3.63, 3.8) is 0 Å². The Morgan fingerprint density at radius 3 is 2.57 bits per heavy atom. The standard InChI is InChI=1S/C23H25ClN2O2/c1-27-21-11-10-17(15-22(21)28-2)23-20-9-5-12-25(20)13-6-14-26(23)16-18-7-3-4-8-19(18)24/h3-5,7-12,15,23H,6,13-14,16H2,1-2H3/t23-/m0/s1. The molecule has 1 aromatic heterocycles. The van der Waals surface area contributed by atoms with Crippen LogP contribution in [0.25, 0.3) is 0 Å². The molecule has 146 valence electrons. The molecule has 0 aliphatic carbocycles. The molecular weight excluding hydrogens is 372 g/mol. The first kappa shape index (κ1) is 18.9. The Morgan fingerprint density at radius 1 is 0.964 bits per heavy atom. The number of halogens is 1. The van der Waals surface area contributed by atoms with Crippen LogP contribution in [0.2, 0.25) is 5.02 Å². The molecule has 0 radical (unpaired) electrons. The number of aromatic nitrogens is 1. The number of rotatable bonds is 5. The lowest BCUT2D eigenvalue weighted by Gasteiger charge is -2.31. The van der Waals surface area contributed by atoms with Gasteiger partial charge in [-0.2, -0.15) is 0 Å². The Morgan fingerprint density at radius 2 is 1.79 bits per heavy atom. The van der Waals surface area contributed by atoms with Crippen LogP contribution >= 0.6 is 11.6 Å². The predicted octanol–water partition coefficient (Wildman–Crippen LogP) is 5.15. The predicted molar refractivity (Wildman–Crippen MR) is 112 cm³/mol. The van der Waals surface area contributed by atoms with E-state index in [1.54, 1.807) is 14.2 Å². The molecule has 0 amide bonds. The summed E-state index contributed by atoms with van der Waals surface area (Å²) in [4.78, 5) is 2.50. The molecule has 2 heterocycles. The molecule has 0 unspecified atom stereocenters. The van der Waals surface area contributed by atoms with E-state index in [-0.39, 0.29) is 6.04 Å². The van der Waals surface area contributed by atoms with E-state index in [0.29, 0.717) is 0 Å². The van der Waals surface area contributed by atoms with Crippen molar-refractivity contribution in [3.05, 3.63) is 82.6 Å². The average Bonchev–Trinajstić information content (AvgIpc) is 3.10. The largest absolute Gasteiger partial charge is 0.493 e. The highest BCUT2D eigenvalue weighted by Crippen LogP contribution is 2.37. The van der Waals surface area contributed by atoms with E-state index in [0.717, 1.165) is 48.1 Å². The van der Waals surface area contributed by atoms with Crippen LogP contribution in [0.4, 0.5) is 0 Å². The number of fused-ring (bicyclic) bond motifs is 1. The molecule has 1 atom stereocenters. The zero-order valence-corrected chi connectivity index (χ0v) is 17.0. The summed E-state index contributed by atoms with van der Waals surface area (Å²) in [5.74, 6) is 1.49. The Hall–Kier alpha value is -2.43. The number of aryl methyl sites for hydroxylation is 1. The first-order valence-electron chi connectivity index (χ1n) is 9.55. The quantitative estimate of drug-likeness (QED) is 0.596. The summed E-state index contributed by atoms with van der Waals surface area (Å²) in [6.07, 6.45) is 3.26. The summed E-state index contributed by atoms with van der Waals surface area (Å²) in [5.41, 5.74) is 3.62. The van der Waals surface area contributed by atoms with E-state index in [9.17, 15) is 0 Å². The van der Waals surface area contributed by atoms with Gasteiger partial charge >= 0.3 is 0 Å². The highest BCUT2D eigenvalue weighted by atomic mass is 35.5. The maximum absolute atomic E-state index is 6.48. The van der Waals surface area contributed by atoms with Crippen LogP contribution in [0.5, 0.6) is 11.5 Å². The van der Waals surface area contributed by atoms with Crippen molar-refractivity contribution < 1.29 is 9.47 Å². The van der Waals surface area contributed by atoms with E-state index < -0.39 is 0 Å². The molecule has 2 aromatic carbocycles. The van der Waals surface area contributed by atoms with Crippen molar-refractivity contribution in [2.75, 3.05) is 20.8 Å². The molecule has 3 aromatic rings. The number of hydrogen-bond donors (Lipinski definition) is 0. The number of methoxy groups -OCH3 is 2. The van der Waals surface area contributed by atoms with Gasteiger partial charge in [0.15, 0.2) is 11.5 Å². The second-order valence-corrected chi connectivity index (χ2v) is 7.47. The van der Waals surface area contributed by atoms with Gasteiger partial charge in [0.05, 0.1) is 20.3 Å². The smallest absolute Gasteiger partial charge is 0.161 e. The maximum atomic E-state index is 6.48. The zero-order valence-electron chi connectivity index (χ0n) is 16.3. The lowest BCUT2D eigenvalue weighted by Crippen LogP contribution is -2.29. The topological polar surface area (TPSA) is 26.6 Å². The summed E-state index contributed by atoms with van der Waals surface area (Å²) < 4.78 is 13.4. The Kier molecular flexibility index (Phi) is 5.60. The van der Waals surface area contributed by atoms with Crippen molar-refractivity contribution in [2.24, 2.45) is 0 Å². The molecule has 5 heteroatoms. The first-order chi connectivity index (χ1) is 13.7. The fourth-order valence-corrected chi connectivity index (χ4v) is 4.26. The molecule has 0 bridgehead atoms. The van der Waals surface area contributed by atoms with Gasteiger partial charge in [-0.1, -0.05) is 35.9 Å². The van der Waals surface area contributed by atoms with Crippen LogP contribution in [-0.2, 0) is 13.1 Å². The highest BCUT2D eigenvalue weighted by molar-refractivity contribution is 6.31. The summed E-state index contributed by atoms with van der Waals surface area (Å²) in [5, 5.41) is 0.813. The average molecular weight is 397 g/mol. The Balaban J connectivity index is 1.78. The second kappa shape index (κ2) is 8.29. The molecule has 0 spiro atoms. The fourth-order valence-electron chi connectivity index (χ4n) is 4.06. The van der Waals surface area contributed by atoms with Crippen molar-refractivity contribution in [3.8, 4) is 11.5 Å². The van der Waals surface area contributed by atoms with Crippen LogP contribution in [0.3, 0.4) is 0 Å². The number of hydrogen-bond acceptors (Lipinski definition) is 3. The SMILES string of the molecule is COc1ccc([C@H]2c3cccn3CCCN2Cc2ccccc2Cl)cc1OC. The molecule has 1 aliphatic heterocycles. The lowest BCUT2D eigenvalue weighted by atomic mass is 10.0. The van der Waals surface area contributed by atoms with Crippen molar-refractivity contribution in [2.45, 2.75) is 25.6 Å². The van der Waals surface area contributed by atoms with Gasteiger partial charge in [-0.15, -0.1) is 0 Å². The van der Waals surface area contributed by atoms with Crippen LogP contribution in [0.15, 0.2) is 60.8 Å². The number of ether oxygens (including phenoxy) is 2. The molecule has 4 nitrogen and oxygen atoms in total. The normalized spacial score (nSPS) is 17.0. The van der Waals surface area contributed by atoms with Gasteiger partial charge in [-0.25, -0.2) is 0 Å². The molecular formula is C23H25ClN2O2. The second-order valence-electron chi connectivity index (χ2n) is 7.06. The summed E-state index contributed by atoms with van der Waals surface area (Å²) in [7, 11) is 3.34.